The summed E-state index contributed by atoms with van der Waals surface area (Å²) in [6.07, 6.45) is 0. The second kappa shape index (κ2) is 5.45. The maximum absolute atomic E-state index is 13.8. The van der Waals surface area contributed by atoms with Crippen LogP contribution in [-0.2, 0) is 0 Å². The van der Waals surface area contributed by atoms with Crippen LogP contribution in [0.5, 0.6) is 0 Å². The van der Waals surface area contributed by atoms with Gasteiger partial charge in [-0.3, -0.25) is 0 Å². The molecule has 94 valence electrons. The van der Waals surface area contributed by atoms with Gasteiger partial charge in [0.15, 0.2) is 0 Å². The van der Waals surface area contributed by atoms with E-state index in [1.165, 1.54) is 24.1 Å². The van der Waals surface area contributed by atoms with Crippen LogP contribution >= 0.6 is 21.2 Å². The summed E-state index contributed by atoms with van der Waals surface area (Å²) in [5.41, 5.74) is 0.318. The number of halogens is 2. The van der Waals surface area contributed by atoms with E-state index in [1.807, 2.05) is 20.8 Å². The SMILES string of the molecule is C/C(=N\SC(C)(C)C)c1c(F)ccc(P)c1F. The van der Waals surface area contributed by atoms with Crippen LogP contribution in [0.15, 0.2) is 16.5 Å². The molecule has 1 nitrogen and oxygen atoms in total. The second-order valence-electron chi connectivity index (χ2n) is 4.71. The summed E-state index contributed by atoms with van der Waals surface area (Å²) < 4.78 is 31.4. The van der Waals surface area contributed by atoms with Crippen LogP contribution < -0.4 is 5.30 Å². The van der Waals surface area contributed by atoms with E-state index in [4.69, 9.17) is 0 Å². The van der Waals surface area contributed by atoms with Crippen molar-refractivity contribution in [1.82, 2.24) is 0 Å². The van der Waals surface area contributed by atoms with Gasteiger partial charge in [-0.2, -0.15) is 0 Å². The highest BCUT2D eigenvalue weighted by Crippen LogP contribution is 2.26. The molecule has 0 amide bonds. The van der Waals surface area contributed by atoms with Crippen LogP contribution in [0.2, 0.25) is 0 Å². The maximum atomic E-state index is 13.8. The van der Waals surface area contributed by atoms with E-state index in [0.717, 1.165) is 0 Å². The van der Waals surface area contributed by atoms with Gasteiger partial charge in [-0.05, 0) is 51.8 Å². The van der Waals surface area contributed by atoms with Gasteiger partial charge in [-0.15, -0.1) is 9.24 Å². The fourth-order valence-corrected chi connectivity index (χ4v) is 1.89. The van der Waals surface area contributed by atoms with Crippen LogP contribution in [0.1, 0.15) is 33.3 Å². The Labute approximate surface area is 107 Å². The molecule has 0 aliphatic heterocycles. The Morgan fingerprint density at radius 2 is 1.88 bits per heavy atom. The van der Waals surface area contributed by atoms with Crippen molar-refractivity contribution in [3.05, 3.63) is 29.3 Å². The average molecular weight is 275 g/mol. The Kier molecular flexibility index (Phi) is 4.68. The first kappa shape index (κ1) is 14.6. The van der Waals surface area contributed by atoms with Crippen LogP contribution in [0.4, 0.5) is 8.78 Å². The zero-order valence-electron chi connectivity index (χ0n) is 10.3. The monoisotopic (exact) mass is 275 g/mol. The lowest BCUT2D eigenvalue weighted by Gasteiger charge is -2.14. The summed E-state index contributed by atoms with van der Waals surface area (Å²) in [6, 6.07) is 2.64. The van der Waals surface area contributed by atoms with Crippen molar-refractivity contribution in [2.24, 2.45) is 4.40 Å². The molecule has 1 unspecified atom stereocenters. The van der Waals surface area contributed by atoms with Crippen molar-refractivity contribution >= 4 is 32.2 Å². The number of benzene rings is 1. The van der Waals surface area contributed by atoms with Crippen molar-refractivity contribution in [3.8, 4) is 0 Å². The molecule has 1 aromatic carbocycles. The summed E-state index contributed by atoms with van der Waals surface area (Å²) in [4.78, 5) is 0. The quantitative estimate of drug-likeness (QED) is 0.455. The number of hydrogen-bond acceptors (Lipinski definition) is 2. The topological polar surface area (TPSA) is 12.4 Å². The highest BCUT2D eigenvalue weighted by Gasteiger charge is 2.16. The molecule has 17 heavy (non-hydrogen) atoms. The predicted octanol–water partition coefficient (Wildman–Crippen LogP) is 3.72. The molecule has 0 saturated heterocycles. The van der Waals surface area contributed by atoms with Crippen LogP contribution in [0.3, 0.4) is 0 Å². The molecule has 0 spiro atoms. The molecule has 0 heterocycles. The molecule has 0 aromatic heterocycles. The van der Waals surface area contributed by atoms with E-state index in [-0.39, 0.29) is 10.3 Å². The van der Waals surface area contributed by atoms with Gasteiger partial charge in [0.05, 0.1) is 11.3 Å². The molecule has 5 heteroatoms. The summed E-state index contributed by atoms with van der Waals surface area (Å²) in [5, 5.41) is 0.344. The first-order chi connectivity index (χ1) is 7.72. The van der Waals surface area contributed by atoms with Crippen molar-refractivity contribution in [2.45, 2.75) is 32.4 Å². The Bertz CT molecular complexity index is 453. The number of hydrogen-bond donors (Lipinski definition) is 0. The third-order valence-electron chi connectivity index (χ3n) is 1.94. The number of rotatable bonds is 2. The van der Waals surface area contributed by atoms with E-state index in [2.05, 4.69) is 13.6 Å². The summed E-state index contributed by atoms with van der Waals surface area (Å²) >= 11 is 1.31. The van der Waals surface area contributed by atoms with Gasteiger partial charge >= 0.3 is 0 Å². The number of nitrogens with zero attached hydrogens (tertiary/aromatic N) is 1. The molecule has 1 aromatic rings. The third-order valence-corrected chi connectivity index (χ3v) is 3.30. The van der Waals surface area contributed by atoms with Crippen LogP contribution in [-0.4, -0.2) is 10.5 Å². The van der Waals surface area contributed by atoms with Crippen LogP contribution in [0.25, 0.3) is 0 Å². The minimum absolute atomic E-state index is 0.0470. The third kappa shape index (κ3) is 4.04. The first-order valence-corrected chi connectivity index (χ1v) is 6.54. The lowest BCUT2D eigenvalue weighted by atomic mass is 10.1. The largest absolute Gasteiger partial charge is 0.220 e. The minimum Gasteiger partial charge on any atom is -0.220 e. The fourth-order valence-electron chi connectivity index (χ4n) is 1.15. The molecule has 1 rings (SSSR count). The predicted molar refractivity (Wildman–Crippen MR) is 75.3 cm³/mol. The van der Waals surface area contributed by atoms with Gasteiger partial charge in [-0.1, -0.05) is 0 Å². The lowest BCUT2D eigenvalue weighted by molar-refractivity contribution is 0.584. The molecular weight excluding hydrogens is 259 g/mol. The molecule has 0 aliphatic carbocycles. The van der Waals surface area contributed by atoms with E-state index in [0.29, 0.717) is 11.0 Å². The Balaban J connectivity index is 3.12. The van der Waals surface area contributed by atoms with Gasteiger partial charge in [0.1, 0.15) is 11.6 Å². The van der Waals surface area contributed by atoms with Crippen molar-refractivity contribution in [3.63, 3.8) is 0 Å². The molecule has 0 aliphatic rings. The van der Waals surface area contributed by atoms with Gasteiger partial charge in [0.2, 0.25) is 0 Å². The van der Waals surface area contributed by atoms with Crippen LogP contribution in [0, 0.1) is 11.6 Å². The van der Waals surface area contributed by atoms with E-state index in [9.17, 15) is 8.78 Å². The zero-order chi connectivity index (χ0) is 13.2. The second-order valence-corrected chi connectivity index (χ2v) is 6.92. The summed E-state index contributed by atoms with van der Waals surface area (Å²) in [6.45, 7) is 7.60. The average Bonchev–Trinajstić information content (AvgIpc) is 2.20. The smallest absolute Gasteiger partial charge is 0.142 e. The molecule has 0 fully saturated rings. The van der Waals surface area contributed by atoms with Crippen molar-refractivity contribution in [2.75, 3.05) is 0 Å². The molecule has 0 bridgehead atoms. The Morgan fingerprint density at radius 3 is 2.41 bits per heavy atom. The van der Waals surface area contributed by atoms with E-state index in [1.54, 1.807) is 6.92 Å². The molecular formula is C12H16F2NPS. The minimum atomic E-state index is -0.579. The first-order valence-electron chi connectivity index (χ1n) is 5.19. The van der Waals surface area contributed by atoms with Gasteiger partial charge in [0.25, 0.3) is 0 Å². The summed E-state index contributed by atoms with van der Waals surface area (Å²) in [5.74, 6) is -1.14. The summed E-state index contributed by atoms with van der Waals surface area (Å²) in [7, 11) is 2.25. The van der Waals surface area contributed by atoms with Gasteiger partial charge in [-0.25, -0.2) is 13.2 Å². The van der Waals surface area contributed by atoms with Crippen molar-refractivity contribution < 1.29 is 8.78 Å². The van der Waals surface area contributed by atoms with Gasteiger partial charge < -0.3 is 0 Å². The highest BCUT2D eigenvalue weighted by atomic mass is 32.2. The maximum Gasteiger partial charge on any atom is 0.142 e. The molecule has 0 radical (unpaired) electrons. The Hall–Kier alpha value is -0.470. The fraction of sp³-hybridized carbons (Fsp3) is 0.417. The van der Waals surface area contributed by atoms with Crippen molar-refractivity contribution in [1.29, 1.82) is 0 Å². The standard InChI is InChI=1S/C12H16F2NPS/c1-7(15-17-12(2,3)4)10-8(13)5-6-9(16)11(10)14/h5-6H,16H2,1-4H3/b15-7+. The molecule has 1 atom stereocenters. The molecule has 0 N–H and O–H groups in total. The van der Waals surface area contributed by atoms with E-state index >= 15 is 0 Å². The normalized spacial score (nSPS) is 13.0. The molecule has 0 saturated carbocycles. The van der Waals surface area contributed by atoms with E-state index < -0.39 is 11.6 Å². The highest BCUT2D eigenvalue weighted by molar-refractivity contribution is 7.99. The zero-order valence-corrected chi connectivity index (χ0v) is 12.3. The lowest BCUT2D eigenvalue weighted by Crippen LogP contribution is -2.12. The Morgan fingerprint density at radius 1 is 1.29 bits per heavy atom. The van der Waals surface area contributed by atoms with Gasteiger partial charge in [0, 0.05) is 10.1 Å².